The van der Waals surface area contributed by atoms with E-state index in [-0.39, 0.29) is 0 Å². The molecule has 82 valence electrons. The summed E-state index contributed by atoms with van der Waals surface area (Å²) in [6.45, 7) is 5.88. The molecule has 1 aromatic rings. The average molecular weight is 206 g/mol. The minimum atomic E-state index is 0.329. The summed E-state index contributed by atoms with van der Waals surface area (Å²) in [6, 6.07) is 4.65. The van der Waals surface area contributed by atoms with E-state index in [0.29, 0.717) is 12.1 Å². The van der Waals surface area contributed by atoms with Crippen LogP contribution in [0.4, 0.5) is 0 Å². The Bertz CT molecular complexity index is 310. The van der Waals surface area contributed by atoms with E-state index >= 15 is 0 Å². The van der Waals surface area contributed by atoms with E-state index in [4.69, 9.17) is 4.74 Å². The Morgan fingerprint density at radius 2 is 2.40 bits per heavy atom. The molecule has 0 spiro atoms. The van der Waals surface area contributed by atoms with Crippen molar-refractivity contribution < 1.29 is 4.74 Å². The Morgan fingerprint density at radius 3 is 3.00 bits per heavy atom. The van der Waals surface area contributed by atoms with Crippen LogP contribution >= 0.6 is 0 Å². The van der Waals surface area contributed by atoms with E-state index in [9.17, 15) is 0 Å². The van der Waals surface area contributed by atoms with Crippen LogP contribution in [0.2, 0.25) is 0 Å². The number of aromatic nitrogens is 1. The summed E-state index contributed by atoms with van der Waals surface area (Å²) in [6.07, 6.45) is 3.34. The van der Waals surface area contributed by atoms with Crippen LogP contribution in [0.3, 0.4) is 0 Å². The number of hydrogen-bond acceptors (Lipinski definition) is 3. The Labute approximate surface area is 90.9 Å². The standard InChI is InChI=1S/C12H18N2O/c1-9-3-4-11(13-7-9)8-14-12-5-6-15-10(12)2/h3-4,7,10,12,14H,5-6,8H2,1-2H3. The molecule has 0 aliphatic carbocycles. The zero-order valence-electron chi connectivity index (χ0n) is 9.36. The summed E-state index contributed by atoms with van der Waals surface area (Å²) in [5, 5.41) is 3.48. The van der Waals surface area contributed by atoms with Gasteiger partial charge in [0.1, 0.15) is 0 Å². The highest BCUT2D eigenvalue weighted by Gasteiger charge is 2.23. The van der Waals surface area contributed by atoms with E-state index in [1.807, 2.05) is 6.20 Å². The lowest BCUT2D eigenvalue weighted by Gasteiger charge is -2.15. The molecule has 1 aliphatic heterocycles. The first-order valence-corrected chi connectivity index (χ1v) is 5.52. The number of aryl methyl sites for hydroxylation is 1. The summed E-state index contributed by atoms with van der Waals surface area (Å²) in [4.78, 5) is 4.36. The van der Waals surface area contributed by atoms with Gasteiger partial charge in [-0.3, -0.25) is 4.98 Å². The quantitative estimate of drug-likeness (QED) is 0.816. The SMILES string of the molecule is Cc1ccc(CNC2CCOC2C)nc1. The van der Waals surface area contributed by atoms with Crippen molar-refractivity contribution in [1.29, 1.82) is 0 Å². The maximum atomic E-state index is 5.49. The zero-order chi connectivity index (χ0) is 10.7. The van der Waals surface area contributed by atoms with Crippen LogP contribution < -0.4 is 5.32 Å². The monoisotopic (exact) mass is 206 g/mol. The molecule has 1 N–H and O–H groups in total. The first-order valence-electron chi connectivity index (χ1n) is 5.52. The first kappa shape index (κ1) is 10.6. The van der Waals surface area contributed by atoms with Gasteiger partial charge in [0.25, 0.3) is 0 Å². The lowest BCUT2D eigenvalue weighted by atomic mass is 10.1. The van der Waals surface area contributed by atoms with Crippen LogP contribution in [0.25, 0.3) is 0 Å². The molecule has 3 heteroatoms. The minimum Gasteiger partial charge on any atom is -0.377 e. The molecule has 0 bridgehead atoms. The number of nitrogens with zero attached hydrogens (tertiary/aromatic N) is 1. The fraction of sp³-hybridized carbons (Fsp3) is 0.583. The minimum absolute atomic E-state index is 0.329. The summed E-state index contributed by atoms with van der Waals surface area (Å²) in [5.41, 5.74) is 2.30. The van der Waals surface area contributed by atoms with Crippen molar-refractivity contribution in [1.82, 2.24) is 10.3 Å². The van der Waals surface area contributed by atoms with Crippen molar-refractivity contribution in [2.45, 2.75) is 39.0 Å². The molecule has 1 aliphatic rings. The molecule has 0 amide bonds. The molecule has 2 unspecified atom stereocenters. The fourth-order valence-electron chi connectivity index (χ4n) is 1.84. The van der Waals surface area contributed by atoms with Gasteiger partial charge in [-0.1, -0.05) is 6.07 Å². The van der Waals surface area contributed by atoms with Crippen LogP contribution in [0.15, 0.2) is 18.3 Å². The highest BCUT2D eigenvalue weighted by Crippen LogP contribution is 2.12. The average Bonchev–Trinajstić information content (AvgIpc) is 2.63. The molecule has 1 fully saturated rings. The lowest BCUT2D eigenvalue weighted by molar-refractivity contribution is 0.113. The Hall–Kier alpha value is -0.930. The Balaban J connectivity index is 1.85. The van der Waals surface area contributed by atoms with Crippen LogP contribution in [-0.4, -0.2) is 23.7 Å². The van der Waals surface area contributed by atoms with Gasteiger partial charge in [0.05, 0.1) is 11.8 Å². The van der Waals surface area contributed by atoms with Crippen molar-refractivity contribution in [2.75, 3.05) is 6.61 Å². The first-order chi connectivity index (χ1) is 7.25. The molecule has 2 rings (SSSR count). The van der Waals surface area contributed by atoms with E-state index < -0.39 is 0 Å². The Morgan fingerprint density at radius 1 is 1.53 bits per heavy atom. The van der Waals surface area contributed by atoms with Gasteiger partial charge in [-0.2, -0.15) is 0 Å². The normalized spacial score (nSPS) is 25.7. The second-order valence-corrected chi connectivity index (χ2v) is 4.18. The fourth-order valence-corrected chi connectivity index (χ4v) is 1.84. The van der Waals surface area contributed by atoms with Gasteiger partial charge in [0.2, 0.25) is 0 Å². The number of pyridine rings is 1. The maximum Gasteiger partial charge on any atom is 0.0700 e. The van der Waals surface area contributed by atoms with Crippen LogP contribution in [-0.2, 0) is 11.3 Å². The van der Waals surface area contributed by atoms with Gasteiger partial charge in [-0.25, -0.2) is 0 Å². The van der Waals surface area contributed by atoms with Crippen LogP contribution in [0.1, 0.15) is 24.6 Å². The van der Waals surface area contributed by atoms with Gasteiger partial charge in [0, 0.05) is 25.4 Å². The number of rotatable bonds is 3. The third kappa shape index (κ3) is 2.76. The third-order valence-corrected chi connectivity index (χ3v) is 2.89. The summed E-state index contributed by atoms with van der Waals surface area (Å²) >= 11 is 0. The topological polar surface area (TPSA) is 34.1 Å². The van der Waals surface area contributed by atoms with Crippen molar-refractivity contribution >= 4 is 0 Å². The van der Waals surface area contributed by atoms with Crippen LogP contribution in [0, 0.1) is 6.92 Å². The van der Waals surface area contributed by atoms with Crippen LogP contribution in [0.5, 0.6) is 0 Å². The van der Waals surface area contributed by atoms with E-state index in [2.05, 4.69) is 36.3 Å². The van der Waals surface area contributed by atoms with E-state index in [1.165, 1.54) is 5.56 Å². The van der Waals surface area contributed by atoms with Crippen molar-refractivity contribution in [3.63, 3.8) is 0 Å². The van der Waals surface area contributed by atoms with Crippen molar-refractivity contribution in [3.8, 4) is 0 Å². The third-order valence-electron chi connectivity index (χ3n) is 2.89. The Kier molecular flexibility index (Phi) is 3.34. The molecule has 15 heavy (non-hydrogen) atoms. The number of hydrogen-bond donors (Lipinski definition) is 1. The second kappa shape index (κ2) is 4.73. The maximum absolute atomic E-state index is 5.49. The molecule has 2 heterocycles. The number of nitrogens with one attached hydrogen (secondary N) is 1. The molecule has 0 saturated carbocycles. The molecule has 2 atom stereocenters. The van der Waals surface area contributed by atoms with Gasteiger partial charge < -0.3 is 10.1 Å². The van der Waals surface area contributed by atoms with Gasteiger partial charge >= 0.3 is 0 Å². The summed E-state index contributed by atoms with van der Waals surface area (Å²) in [7, 11) is 0. The molecular weight excluding hydrogens is 188 g/mol. The molecule has 0 radical (unpaired) electrons. The highest BCUT2D eigenvalue weighted by molar-refractivity contribution is 5.12. The number of ether oxygens (including phenoxy) is 1. The van der Waals surface area contributed by atoms with E-state index in [1.54, 1.807) is 0 Å². The second-order valence-electron chi connectivity index (χ2n) is 4.18. The van der Waals surface area contributed by atoms with Crippen molar-refractivity contribution in [2.24, 2.45) is 0 Å². The summed E-state index contributed by atoms with van der Waals surface area (Å²) < 4.78 is 5.49. The predicted molar refractivity (Wildman–Crippen MR) is 59.6 cm³/mol. The predicted octanol–water partition coefficient (Wildman–Crippen LogP) is 1.66. The molecule has 1 saturated heterocycles. The molecular formula is C12H18N2O. The lowest BCUT2D eigenvalue weighted by Crippen LogP contribution is -2.34. The molecule has 1 aromatic heterocycles. The van der Waals surface area contributed by atoms with Crippen molar-refractivity contribution in [3.05, 3.63) is 29.6 Å². The summed E-state index contributed by atoms with van der Waals surface area (Å²) in [5.74, 6) is 0. The van der Waals surface area contributed by atoms with Gasteiger partial charge in [-0.05, 0) is 31.9 Å². The van der Waals surface area contributed by atoms with Gasteiger partial charge in [-0.15, -0.1) is 0 Å². The zero-order valence-corrected chi connectivity index (χ0v) is 9.36. The van der Waals surface area contributed by atoms with Gasteiger partial charge in [0.15, 0.2) is 0 Å². The molecule has 3 nitrogen and oxygen atoms in total. The smallest absolute Gasteiger partial charge is 0.0700 e. The highest BCUT2D eigenvalue weighted by atomic mass is 16.5. The van der Waals surface area contributed by atoms with E-state index in [0.717, 1.165) is 25.3 Å². The largest absolute Gasteiger partial charge is 0.377 e. The molecule has 0 aromatic carbocycles.